The van der Waals surface area contributed by atoms with E-state index in [1.54, 1.807) is 15.8 Å². The minimum atomic E-state index is -0.506. The van der Waals surface area contributed by atoms with Crippen LogP contribution in [0.2, 0.25) is 0 Å². The largest absolute Gasteiger partial charge is 0.456 e. The average molecular weight is 424 g/mol. The third kappa shape index (κ3) is 4.73. The monoisotopic (exact) mass is 423 g/mol. The number of benzene rings is 1. The van der Waals surface area contributed by atoms with Gasteiger partial charge in [0.1, 0.15) is 22.5 Å². The summed E-state index contributed by atoms with van der Waals surface area (Å²) in [5.41, 5.74) is 1.40. The molecule has 164 valence electrons. The zero-order chi connectivity index (χ0) is 22.2. The number of pyridine rings is 1. The van der Waals surface area contributed by atoms with Gasteiger partial charge in [0.05, 0.1) is 0 Å². The molecule has 3 aromatic rings. The van der Waals surface area contributed by atoms with E-state index in [2.05, 4.69) is 15.4 Å². The van der Waals surface area contributed by atoms with E-state index in [1.165, 1.54) is 5.56 Å². The van der Waals surface area contributed by atoms with Crippen LogP contribution in [-0.2, 0) is 11.8 Å². The van der Waals surface area contributed by atoms with E-state index in [0.717, 1.165) is 23.2 Å². The molecule has 4 rings (SSSR count). The van der Waals surface area contributed by atoms with E-state index in [1.807, 2.05) is 65.1 Å². The van der Waals surface area contributed by atoms with Gasteiger partial charge in [-0.05, 0) is 46.2 Å². The van der Waals surface area contributed by atoms with Crippen molar-refractivity contribution in [3.8, 4) is 11.5 Å². The lowest BCUT2D eigenvalue weighted by molar-refractivity contribution is 0.0293. The predicted molar refractivity (Wildman–Crippen MR) is 120 cm³/mol. The third-order valence-electron chi connectivity index (χ3n) is 5.12. The van der Waals surface area contributed by atoms with Gasteiger partial charge in [0.2, 0.25) is 0 Å². The quantitative estimate of drug-likeness (QED) is 0.666. The van der Waals surface area contributed by atoms with Crippen molar-refractivity contribution in [2.75, 3.05) is 18.4 Å². The number of carbonyl (C=O) groups is 1. The average Bonchev–Trinajstić information content (AvgIpc) is 3.28. The molecule has 1 amide bonds. The molecule has 8 nitrogen and oxygen atoms in total. The molecule has 0 bridgehead atoms. The fraction of sp³-hybridized carbons (Fsp3) is 0.435. The molecular weight excluding hydrogens is 394 g/mol. The Bertz CT molecular complexity index is 1090. The lowest BCUT2D eigenvalue weighted by atomic mass is 10.2. The summed E-state index contributed by atoms with van der Waals surface area (Å²) >= 11 is 0. The first-order chi connectivity index (χ1) is 14.7. The minimum absolute atomic E-state index is 0.0676. The minimum Gasteiger partial charge on any atom is -0.456 e. The van der Waals surface area contributed by atoms with Crippen molar-refractivity contribution in [2.24, 2.45) is 7.05 Å². The van der Waals surface area contributed by atoms with E-state index >= 15 is 0 Å². The van der Waals surface area contributed by atoms with Crippen LogP contribution >= 0.6 is 0 Å². The Hall–Kier alpha value is -3.29. The molecule has 1 N–H and O–H groups in total. The predicted octanol–water partition coefficient (Wildman–Crippen LogP) is 4.49. The molecule has 1 saturated heterocycles. The van der Waals surface area contributed by atoms with Crippen molar-refractivity contribution in [3.05, 3.63) is 42.1 Å². The molecule has 1 fully saturated rings. The highest BCUT2D eigenvalue weighted by Crippen LogP contribution is 2.34. The Morgan fingerprint density at radius 2 is 1.94 bits per heavy atom. The Kier molecular flexibility index (Phi) is 5.47. The highest BCUT2D eigenvalue weighted by atomic mass is 16.6. The van der Waals surface area contributed by atoms with Crippen molar-refractivity contribution in [1.82, 2.24) is 19.7 Å². The third-order valence-corrected chi connectivity index (χ3v) is 5.12. The molecule has 1 aliphatic rings. The number of aromatic nitrogens is 3. The molecule has 1 unspecified atom stereocenters. The van der Waals surface area contributed by atoms with Crippen LogP contribution in [0.4, 0.5) is 10.6 Å². The first kappa shape index (κ1) is 21.0. The molecule has 2 aromatic heterocycles. The first-order valence-electron chi connectivity index (χ1n) is 10.5. The van der Waals surface area contributed by atoms with E-state index in [-0.39, 0.29) is 12.1 Å². The summed E-state index contributed by atoms with van der Waals surface area (Å²) in [5.74, 6) is 2.14. The number of fused-ring (bicyclic) bond motifs is 1. The number of ether oxygens (including phenoxy) is 2. The molecule has 0 spiro atoms. The summed E-state index contributed by atoms with van der Waals surface area (Å²) in [5, 5.41) is 8.93. The van der Waals surface area contributed by atoms with Crippen LogP contribution < -0.4 is 10.1 Å². The second kappa shape index (κ2) is 8.09. The van der Waals surface area contributed by atoms with Crippen LogP contribution in [0.25, 0.3) is 11.0 Å². The number of carbonyl (C=O) groups excluding carboxylic acids is 1. The molecule has 0 saturated carbocycles. The van der Waals surface area contributed by atoms with Gasteiger partial charge in [0.15, 0.2) is 11.5 Å². The molecule has 0 aliphatic carbocycles. The molecule has 8 heteroatoms. The van der Waals surface area contributed by atoms with Gasteiger partial charge >= 0.3 is 6.09 Å². The van der Waals surface area contributed by atoms with Crippen molar-refractivity contribution in [3.63, 3.8) is 0 Å². The van der Waals surface area contributed by atoms with Gasteiger partial charge in [-0.25, -0.2) is 14.5 Å². The van der Waals surface area contributed by atoms with Crippen LogP contribution in [-0.4, -0.2) is 50.5 Å². The van der Waals surface area contributed by atoms with Crippen LogP contribution in [0, 0.1) is 6.92 Å². The number of nitrogens with zero attached hydrogens (tertiary/aromatic N) is 4. The van der Waals surface area contributed by atoms with Crippen LogP contribution in [0.3, 0.4) is 0 Å². The normalized spacial score (nSPS) is 16.5. The van der Waals surface area contributed by atoms with Crippen molar-refractivity contribution in [1.29, 1.82) is 0 Å². The summed E-state index contributed by atoms with van der Waals surface area (Å²) in [6.07, 6.45) is 2.25. The maximum atomic E-state index is 12.4. The smallest absolute Gasteiger partial charge is 0.410 e. The maximum absolute atomic E-state index is 12.4. The summed E-state index contributed by atoms with van der Waals surface area (Å²) in [6, 6.07) is 9.83. The lowest BCUT2D eigenvalue weighted by Gasteiger charge is -2.24. The molecule has 0 radical (unpaired) electrons. The number of hydrogen-bond acceptors (Lipinski definition) is 6. The van der Waals surface area contributed by atoms with E-state index in [9.17, 15) is 4.79 Å². The number of likely N-dealkylation sites (tertiary alicyclic amines) is 1. The number of anilines is 1. The second-order valence-corrected chi connectivity index (χ2v) is 8.95. The zero-order valence-corrected chi connectivity index (χ0v) is 18.7. The number of rotatable bonds is 4. The van der Waals surface area contributed by atoms with Crippen molar-refractivity contribution >= 4 is 22.9 Å². The highest BCUT2D eigenvalue weighted by molar-refractivity contribution is 5.93. The van der Waals surface area contributed by atoms with Gasteiger partial charge in [0, 0.05) is 38.4 Å². The fourth-order valence-electron chi connectivity index (χ4n) is 3.63. The van der Waals surface area contributed by atoms with Gasteiger partial charge < -0.3 is 19.7 Å². The van der Waals surface area contributed by atoms with Gasteiger partial charge in [-0.3, -0.25) is 0 Å². The van der Waals surface area contributed by atoms with Crippen LogP contribution in [0.15, 0.2) is 36.5 Å². The topological polar surface area (TPSA) is 81.5 Å². The van der Waals surface area contributed by atoms with Crippen LogP contribution in [0.1, 0.15) is 32.8 Å². The summed E-state index contributed by atoms with van der Waals surface area (Å²) < 4.78 is 13.4. The Labute approximate surface area is 182 Å². The standard InChI is InChI=1S/C23H29N5O3/c1-15-6-8-17(9-7-15)30-18-10-12-24-21-19(18)20(26-27(21)5)25-16-11-13-28(14-16)22(29)31-23(2,3)4/h6-10,12,16H,11,13-14H2,1-5H3,(H,25,26). The second-order valence-electron chi connectivity index (χ2n) is 8.95. The Morgan fingerprint density at radius 3 is 2.65 bits per heavy atom. The Balaban J connectivity index is 1.54. The number of hydrogen-bond donors (Lipinski definition) is 1. The van der Waals surface area contributed by atoms with Gasteiger partial charge in [0.25, 0.3) is 0 Å². The van der Waals surface area contributed by atoms with Crippen LogP contribution in [0.5, 0.6) is 11.5 Å². The zero-order valence-electron chi connectivity index (χ0n) is 18.7. The lowest BCUT2D eigenvalue weighted by Crippen LogP contribution is -2.36. The maximum Gasteiger partial charge on any atom is 0.410 e. The van der Waals surface area contributed by atoms with Gasteiger partial charge in [-0.15, -0.1) is 0 Å². The van der Waals surface area contributed by atoms with Crippen molar-refractivity contribution in [2.45, 2.75) is 45.8 Å². The molecule has 31 heavy (non-hydrogen) atoms. The first-order valence-corrected chi connectivity index (χ1v) is 10.5. The highest BCUT2D eigenvalue weighted by Gasteiger charge is 2.31. The van der Waals surface area contributed by atoms with E-state index < -0.39 is 5.60 Å². The summed E-state index contributed by atoms with van der Waals surface area (Å²) in [7, 11) is 1.86. The molecule has 1 aliphatic heterocycles. The summed E-state index contributed by atoms with van der Waals surface area (Å²) in [4.78, 5) is 18.6. The molecule has 1 aromatic carbocycles. The Morgan fingerprint density at radius 1 is 1.19 bits per heavy atom. The van der Waals surface area contributed by atoms with E-state index in [4.69, 9.17) is 9.47 Å². The SMILES string of the molecule is Cc1ccc(Oc2ccnc3c2c(NC2CCN(C(=O)OC(C)(C)C)C2)nn3C)cc1. The summed E-state index contributed by atoms with van der Waals surface area (Å²) in [6.45, 7) is 8.86. The van der Waals surface area contributed by atoms with Gasteiger partial charge in [-0.1, -0.05) is 17.7 Å². The van der Waals surface area contributed by atoms with Crippen molar-refractivity contribution < 1.29 is 14.3 Å². The van der Waals surface area contributed by atoms with Gasteiger partial charge in [-0.2, -0.15) is 5.10 Å². The fourth-order valence-corrected chi connectivity index (χ4v) is 3.63. The number of aryl methyl sites for hydroxylation is 2. The number of nitrogens with one attached hydrogen (secondary N) is 1. The molecule has 1 atom stereocenters. The molecular formula is C23H29N5O3. The van der Waals surface area contributed by atoms with E-state index in [0.29, 0.717) is 24.7 Å². The molecule has 3 heterocycles. The number of amides is 1.